The smallest absolute Gasteiger partial charge is 0.255 e. The fraction of sp³-hybridized carbons (Fsp3) is 0.143. The van der Waals surface area contributed by atoms with Gasteiger partial charge in [0.1, 0.15) is 5.75 Å². The number of phenols is 1. The zero-order chi connectivity index (χ0) is 13.8. The number of aromatic hydroxyl groups is 1. The average Bonchev–Trinajstić information content (AvgIpc) is 2.41. The van der Waals surface area contributed by atoms with E-state index in [1.807, 2.05) is 0 Å². The lowest BCUT2D eigenvalue weighted by Crippen LogP contribution is -2.26. The average molecular weight is 258 g/mol. The number of H-pyrrole nitrogens is 1. The predicted octanol–water partition coefficient (Wildman–Crippen LogP) is 1.35. The van der Waals surface area contributed by atoms with Crippen LogP contribution in [0.25, 0.3) is 0 Å². The van der Waals surface area contributed by atoms with Gasteiger partial charge in [0, 0.05) is 25.9 Å². The number of nitrogens with one attached hydrogen (secondary N) is 1. The van der Waals surface area contributed by atoms with Crippen molar-refractivity contribution in [1.82, 2.24) is 9.88 Å². The molecule has 5 heteroatoms. The Balaban J connectivity index is 2.09. The zero-order valence-electron chi connectivity index (χ0n) is 10.5. The minimum Gasteiger partial charge on any atom is -0.508 e. The van der Waals surface area contributed by atoms with Crippen molar-refractivity contribution in [3.63, 3.8) is 0 Å². The number of aromatic nitrogens is 1. The minimum absolute atomic E-state index is 0.177. The van der Waals surface area contributed by atoms with Gasteiger partial charge < -0.3 is 15.0 Å². The van der Waals surface area contributed by atoms with Crippen molar-refractivity contribution in [3.05, 3.63) is 64.1 Å². The molecule has 0 saturated heterocycles. The number of phenolic OH excluding ortho intramolecular Hbond substituents is 1. The maximum absolute atomic E-state index is 12.1. The van der Waals surface area contributed by atoms with Gasteiger partial charge >= 0.3 is 0 Å². The number of carbonyl (C=O) groups excluding carboxylic acids is 1. The summed E-state index contributed by atoms with van der Waals surface area (Å²) in [5.74, 6) is 0.0164. The first-order valence-corrected chi connectivity index (χ1v) is 5.78. The van der Waals surface area contributed by atoms with Gasteiger partial charge in [-0.15, -0.1) is 0 Å². The first-order chi connectivity index (χ1) is 9.06. The molecule has 19 heavy (non-hydrogen) atoms. The van der Waals surface area contributed by atoms with E-state index >= 15 is 0 Å². The number of hydrogen-bond donors (Lipinski definition) is 2. The van der Waals surface area contributed by atoms with Crippen LogP contribution in [-0.2, 0) is 6.54 Å². The number of carbonyl (C=O) groups is 1. The highest BCUT2D eigenvalue weighted by Gasteiger charge is 2.11. The standard InChI is InChI=1S/C14H14N2O3/c1-16(9-10-2-5-12(17)6-3-10)14(19)11-4-7-13(18)15-8-11/h2-8,17H,9H2,1H3,(H,15,18). The van der Waals surface area contributed by atoms with Gasteiger partial charge in [0.2, 0.25) is 5.56 Å². The lowest BCUT2D eigenvalue weighted by Gasteiger charge is -2.17. The number of rotatable bonds is 3. The van der Waals surface area contributed by atoms with Crippen molar-refractivity contribution in [2.45, 2.75) is 6.54 Å². The molecule has 0 bridgehead atoms. The van der Waals surface area contributed by atoms with E-state index in [4.69, 9.17) is 0 Å². The third-order valence-corrected chi connectivity index (χ3v) is 2.73. The first kappa shape index (κ1) is 12.9. The maximum Gasteiger partial charge on any atom is 0.255 e. The van der Waals surface area contributed by atoms with Crippen molar-refractivity contribution >= 4 is 5.91 Å². The molecule has 2 N–H and O–H groups in total. The van der Waals surface area contributed by atoms with Crippen molar-refractivity contribution in [1.29, 1.82) is 0 Å². The van der Waals surface area contributed by atoms with Crippen molar-refractivity contribution < 1.29 is 9.90 Å². The Kier molecular flexibility index (Phi) is 3.66. The van der Waals surface area contributed by atoms with Crippen LogP contribution in [0.3, 0.4) is 0 Å². The largest absolute Gasteiger partial charge is 0.508 e. The summed E-state index contributed by atoms with van der Waals surface area (Å²) >= 11 is 0. The third kappa shape index (κ3) is 3.22. The molecule has 2 aromatic rings. The monoisotopic (exact) mass is 258 g/mol. The van der Waals surface area contributed by atoms with E-state index in [-0.39, 0.29) is 17.2 Å². The quantitative estimate of drug-likeness (QED) is 0.872. The second-order valence-corrected chi connectivity index (χ2v) is 4.27. The Hall–Kier alpha value is -2.56. The van der Waals surface area contributed by atoms with E-state index in [9.17, 15) is 14.7 Å². The Morgan fingerprint density at radius 3 is 2.47 bits per heavy atom. The Labute approximate surface area is 110 Å². The number of nitrogens with zero attached hydrogens (tertiary/aromatic N) is 1. The molecule has 0 fully saturated rings. The summed E-state index contributed by atoms with van der Waals surface area (Å²) in [5, 5.41) is 9.19. The molecule has 1 aromatic carbocycles. The normalized spacial score (nSPS) is 10.2. The van der Waals surface area contributed by atoms with Crippen LogP contribution < -0.4 is 5.56 Å². The van der Waals surface area contributed by atoms with Gasteiger partial charge in [-0.2, -0.15) is 0 Å². The molecule has 1 amide bonds. The van der Waals surface area contributed by atoms with Gasteiger partial charge in [0.25, 0.3) is 5.91 Å². The predicted molar refractivity (Wildman–Crippen MR) is 71.0 cm³/mol. The molecule has 1 heterocycles. The molecule has 2 rings (SSSR count). The van der Waals surface area contributed by atoms with Gasteiger partial charge in [-0.3, -0.25) is 9.59 Å². The molecule has 0 atom stereocenters. The zero-order valence-corrected chi connectivity index (χ0v) is 10.5. The van der Waals surface area contributed by atoms with Crippen LogP contribution in [0.4, 0.5) is 0 Å². The lowest BCUT2D eigenvalue weighted by atomic mass is 10.2. The van der Waals surface area contributed by atoms with Gasteiger partial charge in [-0.1, -0.05) is 12.1 Å². The van der Waals surface area contributed by atoms with E-state index in [1.54, 1.807) is 36.2 Å². The van der Waals surface area contributed by atoms with Crippen LogP contribution in [0.1, 0.15) is 15.9 Å². The Bertz CT molecular complexity index is 611. The third-order valence-electron chi connectivity index (χ3n) is 2.73. The van der Waals surface area contributed by atoms with Crippen molar-refractivity contribution in [2.24, 2.45) is 0 Å². The SMILES string of the molecule is CN(Cc1ccc(O)cc1)C(=O)c1ccc(=O)[nH]c1. The van der Waals surface area contributed by atoms with Crippen LogP contribution in [0.15, 0.2) is 47.4 Å². The summed E-state index contributed by atoms with van der Waals surface area (Å²) in [6.45, 7) is 0.429. The van der Waals surface area contributed by atoms with Crippen LogP contribution >= 0.6 is 0 Å². The van der Waals surface area contributed by atoms with E-state index in [2.05, 4.69) is 4.98 Å². The van der Waals surface area contributed by atoms with Crippen LogP contribution in [-0.4, -0.2) is 27.9 Å². The van der Waals surface area contributed by atoms with Crippen LogP contribution in [0.2, 0.25) is 0 Å². The summed E-state index contributed by atoms with van der Waals surface area (Å²) in [6, 6.07) is 9.48. The Morgan fingerprint density at radius 2 is 1.89 bits per heavy atom. The number of hydrogen-bond acceptors (Lipinski definition) is 3. The molecule has 0 aliphatic rings. The van der Waals surface area contributed by atoms with Gasteiger partial charge in [-0.25, -0.2) is 0 Å². The molecule has 0 aliphatic carbocycles. The van der Waals surface area contributed by atoms with Gasteiger partial charge in [0.15, 0.2) is 0 Å². The van der Waals surface area contributed by atoms with E-state index in [1.165, 1.54) is 18.3 Å². The van der Waals surface area contributed by atoms with E-state index in [0.29, 0.717) is 12.1 Å². The summed E-state index contributed by atoms with van der Waals surface area (Å²) in [6.07, 6.45) is 1.40. The molecular weight excluding hydrogens is 244 g/mol. The van der Waals surface area contributed by atoms with E-state index < -0.39 is 0 Å². The fourth-order valence-corrected chi connectivity index (χ4v) is 1.71. The molecule has 1 aromatic heterocycles. The minimum atomic E-state index is -0.238. The first-order valence-electron chi connectivity index (χ1n) is 5.78. The molecule has 98 valence electrons. The number of pyridine rings is 1. The van der Waals surface area contributed by atoms with Gasteiger partial charge in [0.05, 0.1) is 5.56 Å². The number of amides is 1. The van der Waals surface area contributed by atoms with Crippen molar-refractivity contribution in [2.75, 3.05) is 7.05 Å². The Morgan fingerprint density at radius 1 is 1.21 bits per heavy atom. The number of aromatic amines is 1. The summed E-state index contributed by atoms with van der Waals surface area (Å²) in [7, 11) is 1.68. The molecule has 0 saturated carbocycles. The molecule has 5 nitrogen and oxygen atoms in total. The number of benzene rings is 1. The highest BCUT2D eigenvalue weighted by Crippen LogP contribution is 2.12. The molecular formula is C14H14N2O3. The summed E-state index contributed by atoms with van der Waals surface area (Å²) < 4.78 is 0. The molecule has 0 spiro atoms. The molecule has 0 radical (unpaired) electrons. The topological polar surface area (TPSA) is 73.4 Å². The highest BCUT2D eigenvalue weighted by atomic mass is 16.3. The molecule has 0 unspecified atom stereocenters. The second-order valence-electron chi connectivity index (χ2n) is 4.27. The van der Waals surface area contributed by atoms with Crippen molar-refractivity contribution in [3.8, 4) is 5.75 Å². The summed E-state index contributed by atoms with van der Waals surface area (Å²) in [4.78, 5) is 27.0. The summed E-state index contributed by atoms with van der Waals surface area (Å²) in [5.41, 5.74) is 1.11. The molecule has 0 aliphatic heterocycles. The second kappa shape index (κ2) is 5.39. The van der Waals surface area contributed by atoms with E-state index in [0.717, 1.165) is 5.56 Å². The lowest BCUT2D eigenvalue weighted by molar-refractivity contribution is 0.0784. The highest BCUT2D eigenvalue weighted by molar-refractivity contribution is 5.93. The van der Waals surface area contributed by atoms with Gasteiger partial charge in [-0.05, 0) is 23.8 Å². The van der Waals surface area contributed by atoms with Crippen LogP contribution in [0.5, 0.6) is 5.75 Å². The maximum atomic E-state index is 12.1. The van der Waals surface area contributed by atoms with Crippen LogP contribution in [0, 0.1) is 0 Å². The fourth-order valence-electron chi connectivity index (χ4n) is 1.71.